The minimum absolute atomic E-state index is 0.0479. The van der Waals surface area contributed by atoms with Gasteiger partial charge in [0.25, 0.3) is 0 Å². The number of carboxylic acids is 1. The first-order valence-corrected chi connectivity index (χ1v) is 11.5. The zero-order valence-electron chi connectivity index (χ0n) is 19.8. The predicted octanol–water partition coefficient (Wildman–Crippen LogP) is 4.47. The number of hydrogen-bond acceptors (Lipinski definition) is 5. The van der Waals surface area contributed by atoms with Crippen LogP contribution in [0.4, 0.5) is 0 Å². The second-order valence-corrected chi connectivity index (χ2v) is 9.28. The molecule has 3 aromatic rings. The molecule has 6 nitrogen and oxygen atoms in total. The molecule has 1 atom stereocenters. The smallest absolute Gasteiger partial charge is 0.303 e. The third-order valence-corrected chi connectivity index (χ3v) is 5.73. The summed E-state index contributed by atoms with van der Waals surface area (Å²) >= 11 is 0. The number of ether oxygens (including phenoxy) is 1. The highest BCUT2D eigenvalue weighted by atomic mass is 16.5. The lowest BCUT2D eigenvalue weighted by atomic mass is 9.93. The van der Waals surface area contributed by atoms with E-state index in [-0.39, 0.29) is 18.6 Å². The molecule has 0 aliphatic rings. The van der Waals surface area contributed by atoms with E-state index in [1.54, 1.807) is 18.2 Å². The fourth-order valence-electron chi connectivity index (χ4n) is 3.94. The molecule has 0 aromatic heterocycles. The molecule has 6 heteroatoms. The topological polar surface area (TPSA) is 103 Å². The van der Waals surface area contributed by atoms with Gasteiger partial charge in [0.05, 0.1) is 5.56 Å². The molecule has 34 heavy (non-hydrogen) atoms. The van der Waals surface area contributed by atoms with Crippen molar-refractivity contribution >= 4 is 16.7 Å². The molecule has 0 unspecified atom stereocenters. The van der Waals surface area contributed by atoms with Gasteiger partial charge in [-0.3, -0.25) is 4.79 Å². The van der Waals surface area contributed by atoms with Gasteiger partial charge in [0.1, 0.15) is 24.5 Å². The molecule has 0 spiro atoms. The summed E-state index contributed by atoms with van der Waals surface area (Å²) in [6, 6.07) is 22.1. The molecule has 0 bridgehead atoms. The van der Waals surface area contributed by atoms with Gasteiger partial charge < -0.3 is 20.3 Å². The van der Waals surface area contributed by atoms with E-state index in [0.29, 0.717) is 30.7 Å². The minimum atomic E-state index is -0.829. The molecule has 178 valence electrons. The summed E-state index contributed by atoms with van der Waals surface area (Å²) in [6.45, 7) is 4.60. The average molecular weight is 461 g/mol. The number of aryl methyl sites for hydroxylation is 1. The number of β-amino-alcohol motifs (C(OH)–C–C–N with tert-alkyl or cyclic N) is 1. The van der Waals surface area contributed by atoms with Crippen LogP contribution >= 0.6 is 0 Å². The third kappa shape index (κ3) is 7.58. The van der Waals surface area contributed by atoms with Crippen LogP contribution in [-0.4, -0.2) is 41.0 Å². The SMILES string of the molecule is CC(C)(Cc1ccc2ccccc2c1)NC[C@H](O)COc1cc(CCCC(=O)O)ccc1C#N. The summed E-state index contributed by atoms with van der Waals surface area (Å²) in [6.07, 6.45) is 1.25. The Bertz CT molecular complexity index is 1170. The maximum Gasteiger partial charge on any atom is 0.303 e. The summed E-state index contributed by atoms with van der Waals surface area (Å²) in [4.78, 5) is 10.7. The Hall–Kier alpha value is -3.40. The average Bonchev–Trinajstić information content (AvgIpc) is 2.81. The highest BCUT2D eigenvalue weighted by Crippen LogP contribution is 2.22. The summed E-state index contributed by atoms with van der Waals surface area (Å²) in [7, 11) is 0. The van der Waals surface area contributed by atoms with Crippen LogP contribution in [0.2, 0.25) is 0 Å². The van der Waals surface area contributed by atoms with Crippen LogP contribution in [0.25, 0.3) is 10.8 Å². The number of fused-ring (bicyclic) bond motifs is 1. The molecule has 0 saturated heterocycles. The lowest BCUT2D eigenvalue weighted by Crippen LogP contribution is -2.46. The number of carboxylic acid groups (broad SMARTS) is 1. The second-order valence-electron chi connectivity index (χ2n) is 9.28. The quantitative estimate of drug-likeness (QED) is 0.369. The maximum absolute atomic E-state index is 10.7. The first kappa shape index (κ1) is 25.2. The molecular weight excluding hydrogens is 428 g/mol. The molecule has 0 amide bonds. The zero-order valence-corrected chi connectivity index (χ0v) is 19.8. The van der Waals surface area contributed by atoms with Gasteiger partial charge >= 0.3 is 5.97 Å². The van der Waals surface area contributed by atoms with Crippen molar-refractivity contribution in [3.8, 4) is 11.8 Å². The number of nitrogens with zero attached hydrogens (tertiary/aromatic N) is 1. The number of aliphatic carboxylic acids is 1. The largest absolute Gasteiger partial charge is 0.489 e. The molecule has 0 aliphatic carbocycles. The Labute approximate surface area is 200 Å². The van der Waals surface area contributed by atoms with E-state index in [0.717, 1.165) is 12.0 Å². The van der Waals surface area contributed by atoms with Gasteiger partial charge in [0, 0.05) is 18.5 Å². The van der Waals surface area contributed by atoms with E-state index in [1.165, 1.54) is 16.3 Å². The minimum Gasteiger partial charge on any atom is -0.489 e. The van der Waals surface area contributed by atoms with Crippen LogP contribution < -0.4 is 10.1 Å². The van der Waals surface area contributed by atoms with Crippen molar-refractivity contribution in [1.29, 1.82) is 5.26 Å². The van der Waals surface area contributed by atoms with Gasteiger partial charge in [-0.25, -0.2) is 0 Å². The number of nitrogens with one attached hydrogen (secondary N) is 1. The molecular formula is C28H32N2O4. The van der Waals surface area contributed by atoms with Crippen molar-refractivity contribution in [3.05, 3.63) is 77.4 Å². The monoisotopic (exact) mass is 460 g/mol. The standard InChI is InChI=1S/C28H32N2O4/c1-28(2,16-21-11-12-22-7-3-4-8-23(22)14-21)30-18-25(31)19-34-26-15-20(6-5-9-27(32)33)10-13-24(26)17-29/h3-4,7-8,10-15,25,30-31H,5-6,9,16,18-19H2,1-2H3,(H,32,33)/t25-/m0/s1. The van der Waals surface area contributed by atoms with Crippen molar-refractivity contribution < 1.29 is 19.7 Å². The first-order chi connectivity index (χ1) is 16.3. The highest BCUT2D eigenvalue weighted by Gasteiger charge is 2.20. The molecule has 3 rings (SSSR count). The van der Waals surface area contributed by atoms with Crippen molar-refractivity contribution in [3.63, 3.8) is 0 Å². The van der Waals surface area contributed by atoms with E-state index in [1.807, 2.05) is 12.1 Å². The fraction of sp³-hybridized carbons (Fsp3) is 0.357. The summed E-state index contributed by atoms with van der Waals surface area (Å²) in [5.74, 6) is -0.422. The van der Waals surface area contributed by atoms with Crippen LogP contribution in [-0.2, 0) is 17.6 Å². The number of nitriles is 1. The first-order valence-electron chi connectivity index (χ1n) is 11.5. The lowest BCUT2D eigenvalue weighted by Gasteiger charge is -2.28. The molecule has 0 heterocycles. The molecule has 3 aromatic carbocycles. The summed E-state index contributed by atoms with van der Waals surface area (Å²) in [5, 5.41) is 34.5. The zero-order chi connectivity index (χ0) is 24.6. The van der Waals surface area contributed by atoms with Crippen molar-refractivity contribution in [2.45, 2.75) is 51.2 Å². The van der Waals surface area contributed by atoms with E-state index in [4.69, 9.17) is 9.84 Å². The van der Waals surface area contributed by atoms with Crippen molar-refractivity contribution in [1.82, 2.24) is 5.32 Å². The summed E-state index contributed by atoms with van der Waals surface area (Å²) in [5.41, 5.74) is 2.28. The molecule has 0 aliphatic heterocycles. The maximum atomic E-state index is 10.7. The second kappa shape index (κ2) is 11.6. The van der Waals surface area contributed by atoms with Crippen LogP contribution in [0.15, 0.2) is 60.7 Å². The van der Waals surface area contributed by atoms with E-state index >= 15 is 0 Å². The highest BCUT2D eigenvalue weighted by molar-refractivity contribution is 5.83. The molecule has 3 N–H and O–H groups in total. The normalized spacial score (nSPS) is 12.3. The summed E-state index contributed by atoms with van der Waals surface area (Å²) < 4.78 is 5.76. The number of aliphatic hydroxyl groups excluding tert-OH is 1. The number of benzene rings is 3. The van der Waals surface area contributed by atoms with Gasteiger partial charge in [-0.05, 0) is 67.1 Å². The van der Waals surface area contributed by atoms with Crippen LogP contribution in [0.1, 0.15) is 43.4 Å². The van der Waals surface area contributed by atoms with Crippen LogP contribution in [0, 0.1) is 11.3 Å². The molecule has 0 radical (unpaired) electrons. The molecule has 0 fully saturated rings. The van der Waals surface area contributed by atoms with Crippen LogP contribution in [0.3, 0.4) is 0 Å². The Morgan fingerprint density at radius 3 is 2.56 bits per heavy atom. The molecule has 0 saturated carbocycles. The lowest BCUT2D eigenvalue weighted by molar-refractivity contribution is -0.137. The van der Waals surface area contributed by atoms with E-state index in [2.05, 4.69) is 55.6 Å². The van der Waals surface area contributed by atoms with Gasteiger partial charge in [-0.2, -0.15) is 5.26 Å². The third-order valence-electron chi connectivity index (χ3n) is 5.73. The Balaban J connectivity index is 1.52. The van der Waals surface area contributed by atoms with Gasteiger partial charge in [0.15, 0.2) is 0 Å². The van der Waals surface area contributed by atoms with Crippen molar-refractivity contribution in [2.24, 2.45) is 0 Å². The van der Waals surface area contributed by atoms with E-state index in [9.17, 15) is 15.2 Å². The Morgan fingerprint density at radius 2 is 1.82 bits per heavy atom. The van der Waals surface area contributed by atoms with Gasteiger partial charge in [0.2, 0.25) is 0 Å². The number of aliphatic hydroxyl groups is 1. The predicted molar refractivity (Wildman–Crippen MR) is 133 cm³/mol. The Kier molecular flexibility index (Phi) is 8.64. The van der Waals surface area contributed by atoms with Gasteiger partial charge in [-0.15, -0.1) is 0 Å². The fourth-order valence-corrected chi connectivity index (χ4v) is 3.94. The number of rotatable bonds is 12. The van der Waals surface area contributed by atoms with E-state index < -0.39 is 12.1 Å². The number of hydrogen-bond donors (Lipinski definition) is 3. The Morgan fingerprint density at radius 1 is 1.09 bits per heavy atom. The van der Waals surface area contributed by atoms with Crippen molar-refractivity contribution in [2.75, 3.05) is 13.2 Å². The van der Waals surface area contributed by atoms with Crippen LogP contribution in [0.5, 0.6) is 5.75 Å². The number of carbonyl (C=O) groups is 1. The van der Waals surface area contributed by atoms with Gasteiger partial charge in [-0.1, -0.05) is 48.5 Å².